The first kappa shape index (κ1) is 16.6. The minimum absolute atomic E-state index is 0.506. The molecule has 1 atom stereocenters. The van der Waals surface area contributed by atoms with Crippen LogP contribution in [0.25, 0.3) is 0 Å². The molecule has 0 bridgehead atoms. The zero-order valence-electron chi connectivity index (χ0n) is 12.9. The summed E-state index contributed by atoms with van der Waals surface area (Å²) in [6.45, 7) is 4.36. The molecule has 110 valence electrons. The fourth-order valence-corrected chi connectivity index (χ4v) is 3.38. The van der Waals surface area contributed by atoms with Crippen LogP contribution >= 0.6 is 11.3 Å². The highest BCUT2D eigenvalue weighted by Gasteiger charge is 2.11. The summed E-state index contributed by atoms with van der Waals surface area (Å²) >= 11 is 1.82. The number of hydrogen-bond acceptors (Lipinski definition) is 3. The Morgan fingerprint density at radius 1 is 1.11 bits per heavy atom. The predicted molar refractivity (Wildman–Crippen MR) is 85.9 cm³/mol. The van der Waals surface area contributed by atoms with Gasteiger partial charge >= 0.3 is 0 Å². The van der Waals surface area contributed by atoms with E-state index in [4.69, 9.17) is 0 Å². The summed E-state index contributed by atoms with van der Waals surface area (Å²) in [4.78, 5) is 5.74. The van der Waals surface area contributed by atoms with Crippen LogP contribution in [0.1, 0.15) is 80.6 Å². The maximum Gasteiger partial charge on any atom is 0.0897 e. The third kappa shape index (κ3) is 7.07. The molecule has 0 amide bonds. The van der Waals surface area contributed by atoms with Crippen molar-refractivity contribution in [3.05, 3.63) is 16.1 Å². The monoisotopic (exact) mass is 282 g/mol. The Bertz CT molecular complexity index is 322. The summed E-state index contributed by atoms with van der Waals surface area (Å²) in [6.07, 6.45) is 14.4. The predicted octanol–water partition coefficient (Wildman–Crippen LogP) is 5.24. The van der Waals surface area contributed by atoms with Gasteiger partial charge in [-0.15, -0.1) is 11.3 Å². The summed E-state index contributed by atoms with van der Waals surface area (Å²) in [5.74, 6) is 0. The van der Waals surface area contributed by atoms with Crippen LogP contribution in [-0.2, 0) is 0 Å². The first-order chi connectivity index (χ1) is 9.27. The normalized spacial score (nSPS) is 12.8. The van der Waals surface area contributed by atoms with E-state index in [0.29, 0.717) is 6.04 Å². The molecule has 0 spiro atoms. The second-order valence-corrected chi connectivity index (χ2v) is 6.65. The van der Waals surface area contributed by atoms with Crippen LogP contribution in [0.5, 0.6) is 0 Å². The van der Waals surface area contributed by atoms with Crippen LogP contribution in [0.4, 0.5) is 0 Å². The highest BCUT2D eigenvalue weighted by atomic mass is 32.1. The molecule has 2 nitrogen and oxygen atoms in total. The smallest absolute Gasteiger partial charge is 0.0897 e. The van der Waals surface area contributed by atoms with Gasteiger partial charge in [0, 0.05) is 17.1 Å². The summed E-state index contributed by atoms with van der Waals surface area (Å²) < 4.78 is 0. The van der Waals surface area contributed by atoms with Crippen molar-refractivity contribution in [2.75, 3.05) is 7.05 Å². The molecule has 0 saturated carbocycles. The maximum atomic E-state index is 4.35. The highest BCUT2D eigenvalue weighted by Crippen LogP contribution is 2.25. The van der Waals surface area contributed by atoms with Crippen molar-refractivity contribution >= 4 is 11.3 Å². The van der Waals surface area contributed by atoms with E-state index in [1.54, 1.807) is 0 Å². The first-order valence-electron chi connectivity index (χ1n) is 7.87. The van der Waals surface area contributed by atoms with Crippen LogP contribution in [0.3, 0.4) is 0 Å². The van der Waals surface area contributed by atoms with Crippen LogP contribution in [-0.4, -0.2) is 12.0 Å². The van der Waals surface area contributed by atoms with E-state index in [-0.39, 0.29) is 0 Å². The zero-order chi connectivity index (χ0) is 13.9. The summed E-state index contributed by atoms with van der Waals surface area (Å²) in [5.41, 5.74) is 0. The van der Waals surface area contributed by atoms with E-state index in [0.717, 1.165) is 0 Å². The largest absolute Gasteiger partial charge is 0.312 e. The molecular weight excluding hydrogens is 252 g/mol. The van der Waals surface area contributed by atoms with Crippen LogP contribution in [0.2, 0.25) is 0 Å². The number of rotatable bonds is 11. The van der Waals surface area contributed by atoms with Gasteiger partial charge in [0.05, 0.1) is 5.01 Å². The molecule has 0 saturated heterocycles. The molecule has 1 N–H and O–H groups in total. The van der Waals surface area contributed by atoms with Gasteiger partial charge in [-0.05, 0) is 20.4 Å². The van der Waals surface area contributed by atoms with Gasteiger partial charge in [-0.2, -0.15) is 0 Å². The van der Waals surface area contributed by atoms with Gasteiger partial charge in [0.2, 0.25) is 0 Å². The molecule has 0 aromatic carbocycles. The first-order valence-corrected chi connectivity index (χ1v) is 8.69. The van der Waals surface area contributed by atoms with Crippen molar-refractivity contribution in [3.63, 3.8) is 0 Å². The standard InChI is InChI=1S/C16H30N2S/c1-4-5-6-7-8-9-10-11-12-15(17-3)16-13-18-14(2)19-16/h13,15,17H,4-12H2,1-3H3. The third-order valence-corrected chi connectivity index (χ3v) is 4.70. The summed E-state index contributed by atoms with van der Waals surface area (Å²) in [5, 5.41) is 4.59. The van der Waals surface area contributed by atoms with Gasteiger partial charge in [0.25, 0.3) is 0 Å². The van der Waals surface area contributed by atoms with Gasteiger partial charge in [-0.1, -0.05) is 58.3 Å². The van der Waals surface area contributed by atoms with E-state index in [1.165, 1.54) is 67.7 Å². The Hall–Kier alpha value is -0.410. The van der Waals surface area contributed by atoms with Gasteiger partial charge in [-0.25, -0.2) is 4.98 Å². The number of thiazole rings is 1. The van der Waals surface area contributed by atoms with E-state index in [2.05, 4.69) is 31.2 Å². The minimum atomic E-state index is 0.506. The number of aryl methyl sites for hydroxylation is 1. The molecule has 19 heavy (non-hydrogen) atoms. The van der Waals surface area contributed by atoms with Gasteiger partial charge < -0.3 is 5.32 Å². The summed E-state index contributed by atoms with van der Waals surface area (Å²) in [6, 6.07) is 0.506. The fraction of sp³-hybridized carbons (Fsp3) is 0.812. The lowest BCUT2D eigenvalue weighted by atomic mass is 10.0. The van der Waals surface area contributed by atoms with Crippen LogP contribution < -0.4 is 5.32 Å². The van der Waals surface area contributed by atoms with Crippen LogP contribution in [0.15, 0.2) is 6.20 Å². The minimum Gasteiger partial charge on any atom is -0.312 e. The number of nitrogens with one attached hydrogen (secondary N) is 1. The van der Waals surface area contributed by atoms with E-state index in [9.17, 15) is 0 Å². The Morgan fingerprint density at radius 3 is 2.26 bits per heavy atom. The van der Waals surface area contributed by atoms with E-state index >= 15 is 0 Å². The molecular formula is C16H30N2S. The Balaban J connectivity index is 2.07. The average molecular weight is 282 g/mol. The Labute approximate surface area is 123 Å². The fourth-order valence-electron chi connectivity index (χ4n) is 2.45. The number of unbranched alkanes of at least 4 members (excludes halogenated alkanes) is 7. The van der Waals surface area contributed by atoms with Crippen LogP contribution in [0, 0.1) is 6.92 Å². The van der Waals surface area contributed by atoms with Gasteiger partial charge in [0.15, 0.2) is 0 Å². The molecule has 1 aromatic heterocycles. The lowest BCUT2D eigenvalue weighted by Gasteiger charge is -2.13. The molecule has 0 aliphatic carbocycles. The van der Waals surface area contributed by atoms with E-state index in [1.807, 2.05) is 17.5 Å². The molecule has 1 unspecified atom stereocenters. The quantitative estimate of drug-likeness (QED) is 0.561. The third-order valence-electron chi connectivity index (χ3n) is 3.68. The van der Waals surface area contributed by atoms with Gasteiger partial charge in [0.1, 0.15) is 0 Å². The molecule has 0 aliphatic heterocycles. The molecule has 1 aromatic rings. The number of aromatic nitrogens is 1. The zero-order valence-corrected chi connectivity index (χ0v) is 13.7. The molecule has 1 heterocycles. The average Bonchev–Trinajstić information content (AvgIpc) is 2.83. The van der Waals surface area contributed by atoms with E-state index < -0.39 is 0 Å². The van der Waals surface area contributed by atoms with Crippen molar-refractivity contribution in [1.82, 2.24) is 10.3 Å². The second kappa shape index (κ2) is 10.4. The lowest BCUT2D eigenvalue weighted by Crippen LogP contribution is -2.14. The molecule has 1 rings (SSSR count). The molecule has 0 fully saturated rings. The number of nitrogens with zero attached hydrogens (tertiary/aromatic N) is 1. The highest BCUT2D eigenvalue weighted by molar-refractivity contribution is 7.11. The molecule has 0 aliphatic rings. The van der Waals surface area contributed by atoms with Crippen molar-refractivity contribution in [3.8, 4) is 0 Å². The topological polar surface area (TPSA) is 24.9 Å². The Morgan fingerprint density at radius 2 is 1.74 bits per heavy atom. The SMILES string of the molecule is CCCCCCCCCCC(NC)c1cnc(C)s1. The Kier molecular flexibility index (Phi) is 9.10. The lowest BCUT2D eigenvalue weighted by molar-refractivity contribution is 0.499. The summed E-state index contributed by atoms with van der Waals surface area (Å²) in [7, 11) is 2.06. The van der Waals surface area contributed by atoms with Crippen molar-refractivity contribution in [2.45, 2.75) is 77.7 Å². The second-order valence-electron chi connectivity index (χ2n) is 5.39. The molecule has 3 heteroatoms. The van der Waals surface area contributed by atoms with Crippen molar-refractivity contribution in [2.24, 2.45) is 0 Å². The van der Waals surface area contributed by atoms with Gasteiger partial charge in [-0.3, -0.25) is 0 Å². The number of hydrogen-bond donors (Lipinski definition) is 1. The maximum absolute atomic E-state index is 4.35. The van der Waals surface area contributed by atoms with Crippen molar-refractivity contribution in [1.29, 1.82) is 0 Å². The molecule has 0 radical (unpaired) electrons. The van der Waals surface area contributed by atoms with Crippen molar-refractivity contribution < 1.29 is 0 Å².